The molecule has 0 aliphatic rings. The molecule has 0 saturated heterocycles. The lowest BCUT2D eigenvalue weighted by Crippen LogP contribution is -1.83. The monoisotopic (exact) mass is 263 g/mol. The third kappa shape index (κ3) is 2.07. The highest BCUT2D eigenvalue weighted by Gasteiger charge is 1.97. The summed E-state index contributed by atoms with van der Waals surface area (Å²) < 4.78 is 0.982. The number of halogens is 1. The van der Waals surface area contributed by atoms with E-state index in [2.05, 4.69) is 27.7 Å². The van der Waals surface area contributed by atoms with Crippen molar-refractivity contribution in [3.05, 3.63) is 27.3 Å². The minimum absolute atomic E-state index is 0.114. The molecule has 0 aromatic heterocycles. The third-order valence-electron chi connectivity index (χ3n) is 1.19. The standard InChI is InChI=1S/C7H6INO2/c8-6-1-2-7(10)5(3-6)4-9-11/h1-4,10-11H/b9-4+. The first-order chi connectivity index (χ1) is 5.24. The highest BCUT2D eigenvalue weighted by molar-refractivity contribution is 14.1. The zero-order chi connectivity index (χ0) is 8.27. The van der Waals surface area contributed by atoms with Crippen LogP contribution in [-0.4, -0.2) is 16.5 Å². The number of aromatic hydroxyl groups is 1. The summed E-state index contributed by atoms with van der Waals surface area (Å²) in [7, 11) is 0. The van der Waals surface area contributed by atoms with Crippen LogP contribution in [0.3, 0.4) is 0 Å². The summed E-state index contributed by atoms with van der Waals surface area (Å²) in [6, 6.07) is 5.04. The number of benzene rings is 1. The van der Waals surface area contributed by atoms with Crippen LogP contribution in [-0.2, 0) is 0 Å². The van der Waals surface area contributed by atoms with E-state index in [4.69, 9.17) is 10.3 Å². The highest BCUT2D eigenvalue weighted by atomic mass is 127. The molecule has 0 radical (unpaired) electrons. The average molecular weight is 263 g/mol. The number of phenols is 1. The molecule has 0 aliphatic carbocycles. The van der Waals surface area contributed by atoms with E-state index in [9.17, 15) is 0 Å². The number of hydrogen-bond acceptors (Lipinski definition) is 3. The van der Waals surface area contributed by atoms with Gasteiger partial charge in [0.05, 0.1) is 6.21 Å². The van der Waals surface area contributed by atoms with Gasteiger partial charge in [-0.25, -0.2) is 0 Å². The van der Waals surface area contributed by atoms with Crippen LogP contribution in [0.25, 0.3) is 0 Å². The largest absolute Gasteiger partial charge is 0.507 e. The molecule has 0 aliphatic heterocycles. The Morgan fingerprint density at radius 1 is 1.45 bits per heavy atom. The Kier molecular flexibility index (Phi) is 2.70. The average Bonchev–Trinajstić information content (AvgIpc) is 1.98. The molecular weight excluding hydrogens is 257 g/mol. The van der Waals surface area contributed by atoms with Crippen LogP contribution in [0.4, 0.5) is 0 Å². The Morgan fingerprint density at radius 3 is 2.82 bits per heavy atom. The normalized spacial score (nSPS) is 10.6. The fraction of sp³-hybridized carbons (Fsp3) is 0. The molecule has 2 N–H and O–H groups in total. The van der Waals surface area contributed by atoms with E-state index in [0.29, 0.717) is 5.56 Å². The lowest BCUT2D eigenvalue weighted by molar-refractivity contribution is 0.321. The molecule has 1 aromatic rings. The number of rotatable bonds is 1. The molecule has 3 nitrogen and oxygen atoms in total. The molecule has 4 heteroatoms. The van der Waals surface area contributed by atoms with Crippen LogP contribution in [0.5, 0.6) is 5.75 Å². The second kappa shape index (κ2) is 3.56. The number of phenolic OH excluding ortho intramolecular Hbond substituents is 1. The highest BCUT2D eigenvalue weighted by Crippen LogP contribution is 2.17. The SMILES string of the molecule is O/N=C/c1cc(I)ccc1O. The van der Waals surface area contributed by atoms with E-state index < -0.39 is 0 Å². The van der Waals surface area contributed by atoms with Crippen LogP contribution < -0.4 is 0 Å². The molecule has 0 spiro atoms. The van der Waals surface area contributed by atoms with Crippen LogP contribution in [0.1, 0.15) is 5.56 Å². The fourth-order valence-electron chi connectivity index (χ4n) is 0.691. The Labute approximate surface area is 77.5 Å². The smallest absolute Gasteiger partial charge is 0.124 e. The van der Waals surface area contributed by atoms with Crippen molar-refractivity contribution in [3.63, 3.8) is 0 Å². The number of hydrogen-bond donors (Lipinski definition) is 2. The molecule has 58 valence electrons. The van der Waals surface area contributed by atoms with Crippen molar-refractivity contribution in [1.29, 1.82) is 0 Å². The quantitative estimate of drug-likeness (QED) is 0.351. The first-order valence-corrected chi connectivity index (χ1v) is 3.98. The van der Waals surface area contributed by atoms with Gasteiger partial charge in [-0.15, -0.1) is 0 Å². The second-order valence-corrected chi connectivity index (χ2v) is 3.19. The Hall–Kier alpha value is -0.780. The third-order valence-corrected chi connectivity index (χ3v) is 1.86. The van der Waals surface area contributed by atoms with Gasteiger partial charge in [-0.3, -0.25) is 0 Å². The maximum Gasteiger partial charge on any atom is 0.124 e. The molecule has 0 saturated carbocycles. The van der Waals surface area contributed by atoms with Crippen molar-refractivity contribution in [2.75, 3.05) is 0 Å². The topological polar surface area (TPSA) is 52.8 Å². The molecular formula is C7H6INO2. The molecule has 0 fully saturated rings. The van der Waals surface area contributed by atoms with Crippen molar-refractivity contribution >= 4 is 28.8 Å². The molecule has 0 atom stereocenters. The summed E-state index contributed by atoms with van der Waals surface area (Å²) >= 11 is 2.11. The van der Waals surface area contributed by atoms with Crippen molar-refractivity contribution < 1.29 is 10.3 Å². The van der Waals surface area contributed by atoms with Gasteiger partial charge < -0.3 is 10.3 Å². The fourth-order valence-corrected chi connectivity index (χ4v) is 1.21. The number of oxime groups is 1. The van der Waals surface area contributed by atoms with Gasteiger partial charge in [0.15, 0.2) is 0 Å². The minimum Gasteiger partial charge on any atom is -0.507 e. The van der Waals surface area contributed by atoms with Crippen LogP contribution in [0.2, 0.25) is 0 Å². The van der Waals surface area contributed by atoms with E-state index in [0.717, 1.165) is 3.57 Å². The maximum absolute atomic E-state index is 9.16. The van der Waals surface area contributed by atoms with E-state index in [-0.39, 0.29) is 5.75 Å². The second-order valence-electron chi connectivity index (χ2n) is 1.95. The van der Waals surface area contributed by atoms with Gasteiger partial charge >= 0.3 is 0 Å². The zero-order valence-electron chi connectivity index (χ0n) is 5.53. The van der Waals surface area contributed by atoms with E-state index >= 15 is 0 Å². The Bertz CT molecular complexity index is 286. The lowest BCUT2D eigenvalue weighted by atomic mass is 10.2. The predicted octanol–water partition coefficient (Wildman–Crippen LogP) is 1.80. The van der Waals surface area contributed by atoms with Gasteiger partial charge in [0.25, 0.3) is 0 Å². The van der Waals surface area contributed by atoms with Crippen molar-refractivity contribution in [2.45, 2.75) is 0 Å². The summed E-state index contributed by atoms with van der Waals surface area (Å²) in [5.41, 5.74) is 0.513. The molecule has 0 unspecified atom stereocenters. The van der Waals surface area contributed by atoms with Gasteiger partial charge in [-0.05, 0) is 40.8 Å². The first-order valence-electron chi connectivity index (χ1n) is 2.90. The number of nitrogens with zero attached hydrogens (tertiary/aromatic N) is 1. The molecule has 11 heavy (non-hydrogen) atoms. The van der Waals surface area contributed by atoms with Gasteiger partial charge in [0.1, 0.15) is 5.75 Å². The summed E-state index contributed by atoms with van der Waals surface area (Å²) in [5, 5.41) is 20.2. The Morgan fingerprint density at radius 2 is 2.18 bits per heavy atom. The zero-order valence-corrected chi connectivity index (χ0v) is 7.69. The van der Waals surface area contributed by atoms with Crippen LogP contribution in [0.15, 0.2) is 23.4 Å². The molecule has 0 amide bonds. The van der Waals surface area contributed by atoms with Gasteiger partial charge in [0, 0.05) is 9.13 Å². The minimum atomic E-state index is 0.114. The summed E-state index contributed by atoms with van der Waals surface area (Å²) in [5.74, 6) is 0.114. The summed E-state index contributed by atoms with van der Waals surface area (Å²) in [6.45, 7) is 0. The van der Waals surface area contributed by atoms with Crippen molar-refractivity contribution in [3.8, 4) is 5.75 Å². The van der Waals surface area contributed by atoms with Gasteiger partial charge in [-0.1, -0.05) is 5.16 Å². The Balaban J connectivity index is 3.12. The van der Waals surface area contributed by atoms with Crippen molar-refractivity contribution in [1.82, 2.24) is 0 Å². The maximum atomic E-state index is 9.16. The van der Waals surface area contributed by atoms with Gasteiger partial charge in [0.2, 0.25) is 0 Å². The van der Waals surface area contributed by atoms with Crippen LogP contribution >= 0.6 is 22.6 Å². The van der Waals surface area contributed by atoms with Crippen molar-refractivity contribution in [2.24, 2.45) is 5.16 Å². The molecule has 1 aromatic carbocycles. The van der Waals surface area contributed by atoms with E-state index in [1.54, 1.807) is 18.2 Å². The van der Waals surface area contributed by atoms with E-state index in [1.165, 1.54) is 6.21 Å². The molecule has 0 heterocycles. The molecule has 1 rings (SSSR count). The van der Waals surface area contributed by atoms with Gasteiger partial charge in [-0.2, -0.15) is 0 Å². The van der Waals surface area contributed by atoms with Crippen LogP contribution in [0, 0.1) is 3.57 Å². The summed E-state index contributed by atoms with van der Waals surface area (Å²) in [6.07, 6.45) is 1.19. The predicted molar refractivity (Wildman–Crippen MR) is 50.2 cm³/mol. The summed E-state index contributed by atoms with van der Waals surface area (Å²) in [4.78, 5) is 0. The molecule has 0 bridgehead atoms. The lowest BCUT2D eigenvalue weighted by Gasteiger charge is -1.96. The van der Waals surface area contributed by atoms with E-state index in [1.807, 2.05) is 0 Å². The first kappa shape index (κ1) is 8.32.